The van der Waals surface area contributed by atoms with Crippen molar-refractivity contribution in [2.24, 2.45) is 0 Å². The van der Waals surface area contributed by atoms with E-state index in [0.29, 0.717) is 12.1 Å². The number of nitrogens with zero attached hydrogens (tertiary/aromatic N) is 1. The van der Waals surface area contributed by atoms with Gasteiger partial charge >= 0.3 is 0 Å². The predicted octanol–water partition coefficient (Wildman–Crippen LogP) is 3.67. The van der Waals surface area contributed by atoms with Crippen LogP contribution in [0.4, 0.5) is 0 Å². The van der Waals surface area contributed by atoms with Crippen molar-refractivity contribution in [1.82, 2.24) is 9.62 Å². The monoisotopic (exact) mass is 406 g/mol. The van der Waals surface area contributed by atoms with Gasteiger partial charge in [0.25, 0.3) is 5.91 Å². The predicted molar refractivity (Wildman–Crippen MR) is 107 cm³/mol. The summed E-state index contributed by atoms with van der Waals surface area (Å²) in [4.78, 5) is 14.3. The van der Waals surface area contributed by atoms with Crippen LogP contribution in [-0.2, 0) is 16.6 Å². The maximum absolute atomic E-state index is 12.8. The fourth-order valence-corrected chi connectivity index (χ4v) is 4.73. The third-order valence-electron chi connectivity index (χ3n) is 4.62. The molecule has 1 fully saturated rings. The Morgan fingerprint density at radius 3 is 2.52 bits per heavy atom. The molecule has 27 heavy (non-hydrogen) atoms. The van der Waals surface area contributed by atoms with Gasteiger partial charge in [-0.15, -0.1) is 0 Å². The van der Waals surface area contributed by atoms with Gasteiger partial charge in [0.05, 0.1) is 5.02 Å². The van der Waals surface area contributed by atoms with E-state index in [1.807, 2.05) is 26.0 Å². The van der Waals surface area contributed by atoms with Crippen LogP contribution < -0.4 is 4.72 Å². The fourth-order valence-electron chi connectivity index (χ4n) is 2.90. The van der Waals surface area contributed by atoms with Crippen molar-refractivity contribution in [1.29, 1.82) is 0 Å². The van der Waals surface area contributed by atoms with E-state index in [-0.39, 0.29) is 21.9 Å². The third-order valence-corrected chi connectivity index (χ3v) is 6.62. The first-order valence-corrected chi connectivity index (χ1v) is 10.7. The minimum absolute atomic E-state index is 0.0300. The van der Waals surface area contributed by atoms with Gasteiger partial charge in [0.15, 0.2) is 0 Å². The van der Waals surface area contributed by atoms with E-state index in [1.165, 1.54) is 17.7 Å². The first-order valence-electron chi connectivity index (χ1n) is 8.81. The number of rotatable bonds is 6. The summed E-state index contributed by atoms with van der Waals surface area (Å²) >= 11 is 6.09. The van der Waals surface area contributed by atoms with Gasteiger partial charge in [-0.05, 0) is 56.0 Å². The van der Waals surface area contributed by atoms with Crippen LogP contribution in [0.5, 0.6) is 0 Å². The molecule has 0 spiro atoms. The van der Waals surface area contributed by atoms with Crippen LogP contribution in [-0.4, -0.2) is 32.3 Å². The van der Waals surface area contributed by atoms with Crippen molar-refractivity contribution >= 4 is 27.5 Å². The van der Waals surface area contributed by atoms with Gasteiger partial charge in [-0.2, -0.15) is 0 Å². The van der Waals surface area contributed by atoms with Crippen molar-refractivity contribution in [2.45, 2.75) is 44.2 Å². The van der Waals surface area contributed by atoms with E-state index >= 15 is 0 Å². The lowest BCUT2D eigenvalue weighted by Crippen LogP contribution is -2.28. The van der Waals surface area contributed by atoms with Crippen LogP contribution in [0, 0.1) is 13.8 Å². The molecule has 5 nitrogen and oxygen atoms in total. The van der Waals surface area contributed by atoms with E-state index < -0.39 is 10.0 Å². The maximum atomic E-state index is 12.8. The molecule has 0 saturated heterocycles. The summed E-state index contributed by atoms with van der Waals surface area (Å²) in [6.07, 6.45) is 1.65. The SMILES string of the molecule is Cc1ccc(CN(C)C(=O)c2ccc(Cl)c(S(=O)(=O)NC3CC3)c2)c(C)c1. The number of nitrogens with one attached hydrogen (secondary N) is 1. The molecule has 1 aliphatic carbocycles. The maximum Gasteiger partial charge on any atom is 0.253 e. The smallest absolute Gasteiger partial charge is 0.253 e. The quantitative estimate of drug-likeness (QED) is 0.795. The minimum Gasteiger partial charge on any atom is -0.337 e. The Morgan fingerprint density at radius 2 is 1.89 bits per heavy atom. The molecule has 0 atom stereocenters. The lowest BCUT2D eigenvalue weighted by atomic mass is 10.1. The molecule has 3 rings (SSSR count). The van der Waals surface area contributed by atoms with E-state index in [9.17, 15) is 13.2 Å². The summed E-state index contributed by atoms with van der Waals surface area (Å²) < 4.78 is 27.6. The summed E-state index contributed by atoms with van der Waals surface area (Å²) in [5, 5.41) is 0.108. The highest BCUT2D eigenvalue weighted by molar-refractivity contribution is 7.89. The van der Waals surface area contributed by atoms with Gasteiger partial charge in [0.1, 0.15) is 4.90 Å². The highest BCUT2D eigenvalue weighted by Gasteiger charge is 2.30. The zero-order valence-electron chi connectivity index (χ0n) is 15.6. The Labute approximate surface area is 165 Å². The van der Waals surface area contributed by atoms with Crippen LogP contribution in [0.1, 0.15) is 39.9 Å². The average Bonchev–Trinajstić information content (AvgIpc) is 3.40. The molecule has 0 bridgehead atoms. The molecule has 1 saturated carbocycles. The molecule has 0 unspecified atom stereocenters. The largest absolute Gasteiger partial charge is 0.337 e. The lowest BCUT2D eigenvalue weighted by molar-refractivity contribution is 0.0784. The Kier molecular flexibility index (Phi) is 5.60. The number of aryl methyl sites for hydroxylation is 2. The second-order valence-electron chi connectivity index (χ2n) is 7.13. The molecule has 1 amide bonds. The molecule has 2 aromatic carbocycles. The first-order chi connectivity index (χ1) is 12.7. The molecule has 1 aliphatic rings. The minimum atomic E-state index is -3.73. The van der Waals surface area contributed by atoms with Crippen molar-refractivity contribution in [2.75, 3.05) is 7.05 Å². The van der Waals surface area contributed by atoms with Crippen LogP contribution in [0.3, 0.4) is 0 Å². The average molecular weight is 407 g/mol. The Bertz CT molecular complexity index is 985. The van der Waals surface area contributed by atoms with E-state index in [1.54, 1.807) is 18.0 Å². The fraction of sp³-hybridized carbons (Fsp3) is 0.350. The third kappa shape index (κ3) is 4.69. The normalized spacial score (nSPS) is 14.2. The highest BCUT2D eigenvalue weighted by Crippen LogP contribution is 2.27. The molecule has 144 valence electrons. The van der Waals surface area contributed by atoms with Crippen molar-refractivity contribution in [3.8, 4) is 0 Å². The summed E-state index contributed by atoms with van der Waals surface area (Å²) in [6, 6.07) is 10.4. The molecular weight excluding hydrogens is 384 g/mol. The lowest BCUT2D eigenvalue weighted by Gasteiger charge is -2.19. The van der Waals surface area contributed by atoms with Gasteiger partial charge < -0.3 is 4.90 Å². The number of hydrogen-bond donors (Lipinski definition) is 1. The van der Waals surface area contributed by atoms with Crippen molar-refractivity contribution < 1.29 is 13.2 Å². The number of halogens is 1. The number of hydrogen-bond acceptors (Lipinski definition) is 3. The van der Waals surface area contributed by atoms with Crippen LogP contribution in [0.15, 0.2) is 41.3 Å². The van der Waals surface area contributed by atoms with Gasteiger partial charge in [-0.25, -0.2) is 13.1 Å². The topological polar surface area (TPSA) is 66.5 Å². The van der Waals surface area contributed by atoms with Crippen molar-refractivity contribution in [3.05, 3.63) is 63.7 Å². The van der Waals surface area contributed by atoms with Gasteiger partial charge in [0, 0.05) is 25.2 Å². The summed E-state index contributed by atoms with van der Waals surface area (Å²) in [7, 11) is -2.03. The summed E-state index contributed by atoms with van der Waals surface area (Å²) in [5.41, 5.74) is 3.63. The van der Waals surface area contributed by atoms with Gasteiger partial charge in [0.2, 0.25) is 10.0 Å². The molecule has 7 heteroatoms. The molecular formula is C20H23ClN2O3S. The summed E-state index contributed by atoms with van der Waals surface area (Å²) in [5.74, 6) is -0.255. The zero-order valence-corrected chi connectivity index (χ0v) is 17.2. The van der Waals surface area contributed by atoms with Crippen molar-refractivity contribution in [3.63, 3.8) is 0 Å². The van der Waals surface area contributed by atoms with Gasteiger partial charge in [-0.3, -0.25) is 4.79 Å². The van der Waals surface area contributed by atoms with E-state index in [4.69, 9.17) is 11.6 Å². The summed E-state index contributed by atoms with van der Waals surface area (Å²) in [6.45, 7) is 4.48. The van der Waals surface area contributed by atoms with Crippen LogP contribution in [0.25, 0.3) is 0 Å². The first kappa shape index (κ1) is 19.9. The number of carbonyl (C=O) groups is 1. The number of sulfonamides is 1. The standard InChI is InChI=1S/C20H23ClN2O3S/c1-13-4-5-16(14(2)10-13)12-23(3)20(24)15-6-9-18(21)19(11-15)27(25,26)22-17-7-8-17/h4-6,9-11,17,22H,7-8,12H2,1-3H3. The Hall–Kier alpha value is -1.89. The molecule has 2 aromatic rings. The second kappa shape index (κ2) is 7.62. The molecule has 0 heterocycles. The molecule has 0 aromatic heterocycles. The Morgan fingerprint density at radius 1 is 1.19 bits per heavy atom. The van der Waals surface area contributed by atoms with E-state index in [2.05, 4.69) is 10.8 Å². The number of benzene rings is 2. The van der Waals surface area contributed by atoms with Gasteiger partial charge in [-0.1, -0.05) is 35.4 Å². The molecule has 0 aliphatic heterocycles. The highest BCUT2D eigenvalue weighted by atomic mass is 35.5. The molecule has 1 N–H and O–H groups in total. The van der Waals surface area contributed by atoms with Crippen LogP contribution in [0.2, 0.25) is 5.02 Å². The number of amides is 1. The number of carbonyl (C=O) groups excluding carboxylic acids is 1. The second-order valence-corrected chi connectivity index (χ2v) is 9.22. The Balaban J connectivity index is 1.82. The van der Waals surface area contributed by atoms with Crippen LogP contribution >= 0.6 is 11.6 Å². The zero-order chi connectivity index (χ0) is 19.8. The molecule has 0 radical (unpaired) electrons. The van der Waals surface area contributed by atoms with E-state index in [0.717, 1.165) is 24.0 Å².